The summed E-state index contributed by atoms with van der Waals surface area (Å²) in [5.41, 5.74) is 1.49. The van der Waals surface area contributed by atoms with Crippen LogP contribution in [0.2, 0.25) is 0 Å². The molecule has 1 aliphatic heterocycles. The fraction of sp³-hybridized carbons (Fsp3) is 0.400. The molecule has 80 valence electrons. The molecule has 0 radical (unpaired) electrons. The zero-order valence-electron chi connectivity index (χ0n) is 8.18. The maximum absolute atomic E-state index is 11.9. The van der Waals surface area contributed by atoms with Crippen molar-refractivity contribution >= 4 is 21.6 Å². The average molecular weight is 224 g/mol. The molecule has 4 nitrogen and oxygen atoms in total. The number of hydrogen-bond acceptors (Lipinski definition) is 2. The van der Waals surface area contributed by atoms with Gasteiger partial charge in [0.15, 0.2) is 0 Å². The predicted molar refractivity (Wildman–Crippen MR) is 59.1 cm³/mol. The molecular weight excluding hydrogens is 212 g/mol. The third-order valence-corrected chi connectivity index (χ3v) is 4.54. The van der Waals surface area contributed by atoms with E-state index in [0.717, 1.165) is 24.9 Å². The summed E-state index contributed by atoms with van der Waals surface area (Å²) in [6, 6.07) is 7.52. The van der Waals surface area contributed by atoms with Gasteiger partial charge in [0.05, 0.1) is 11.4 Å². The van der Waals surface area contributed by atoms with E-state index >= 15 is 0 Å². The third kappa shape index (κ3) is 1.23. The summed E-state index contributed by atoms with van der Waals surface area (Å²) in [4.78, 5) is 0. The Balaban J connectivity index is 2.10. The van der Waals surface area contributed by atoms with Crippen molar-refractivity contribution in [3.05, 3.63) is 24.3 Å². The van der Waals surface area contributed by atoms with Crippen LogP contribution in [0.15, 0.2) is 24.3 Å². The van der Waals surface area contributed by atoms with Crippen LogP contribution in [-0.2, 0) is 10.2 Å². The Hall–Kier alpha value is -1.23. The lowest BCUT2D eigenvalue weighted by atomic mass is 9.93. The standard InChI is InChI=1S/C10H12N2O2S/c13-15(14)11-9-6-1-2-7-10(9)12(15)8-4-3-5-8/h1-2,6-8,11H,3-5H2. The molecule has 5 heteroatoms. The predicted octanol–water partition coefficient (Wildman–Crippen LogP) is 1.72. The van der Waals surface area contributed by atoms with Gasteiger partial charge in [0.2, 0.25) is 0 Å². The minimum Gasteiger partial charge on any atom is -0.264 e. The summed E-state index contributed by atoms with van der Waals surface area (Å²) in [5, 5.41) is 0. The van der Waals surface area contributed by atoms with Crippen molar-refractivity contribution in [2.75, 3.05) is 9.03 Å². The van der Waals surface area contributed by atoms with Gasteiger partial charge in [-0.1, -0.05) is 12.1 Å². The van der Waals surface area contributed by atoms with Gasteiger partial charge in [0, 0.05) is 6.04 Å². The van der Waals surface area contributed by atoms with E-state index in [1.165, 1.54) is 4.31 Å². The van der Waals surface area contributed by atoms with E-state index in [4.69, 9.17) is 0 Å². The molecule has 1 aromatic carbocycles. The molecule has 1 aromatic rings. The van der Waals surface area contributed by atoms with Gasteiger partial charge in [-0.05, 0) is 31.4 Å². The van der Waals surface area contributed by atoms with Gasteiger partial charge in [-0.15, -0.1) is 0 Å². The first kappa shape index (κ1) is 9.03. The van der Waals surface area contributed by atoms with Crippen LogP contribution in [0.3, 0.4) is 0 Å². The van der Waals surface area contributed by atoms with E-state index in [9.17, 15) is 8.42 Å². The number of rotatable bonds is 1. The van der Waals surface area contributed by atoms with Crippen LogP contribution in [0.1, 0.15) is 19.3 Å². The highest BCUT2D eigenvalue weighted by atomic mass is 32.2. The Kier molecular flexibility index (Phi) is 1.74. The first-order valence-corrected chi connectivity index (χ1v) is 6.54. The molecule has 0 spiro atoms. The second-order valence-corrected chi connectivity index (χ2v) is 5.55. The van der Waals surface area contributed by atoms with Crippen molar-refractivity contribution in [3.8, 4) is 0 Å². The minimum atomic E-state index is -3.32. The average Bonchev–Trinajstić information content (AvgIpc) is 2.36. The van der Waals surface area contributed by atoms with Crippen LogP contribution in [0.4, 0.5) is 11.4 Å². The van der Waals surface area contributed by atoms with Gasteiger partial charge in [-0.3, -0.25) is 4.72 Å². The van der Waals surface area contributed by atoms with Crippen LogP contribution in [0.5, 0.6) is 0 Å². The van der Waals surface area contributed by atoms with E-state index in [2.05, 4.69) is 4.72 Å². The Morgan fingerprint density at radius 1 is 1.27 bits per heavy atom. The van der Waals surface area contributed by atoms with Crippen molar-refractivity contribution in [2.45, 2.75) is 25.3 Å². The molecule has 0 aromatic heterocycles. The zero-order valence-corrected chi connectivity index (χ0v) is 9.00. The van der Waals surface area contributed by atoms with Crippen LogP contribution < -0.4 is 9.03 Å². The quantitative estimate of drug-likeness (QED) is 0.789. The Labute approximate surface area is 89.1 Å². The molecule has 0 saturated heterocycles. The molecule has 1 saturated carbocycles. The Bertz CT molecular complexity index is 494. The molecule has 0 bridgehead atoms. The Morgan fingerprint density at radius 3 is 2.67 bits per heavy atom. The van der Waals surface area contributed by atoms with E-state index in [-0.39, 0.29) is 6.04 Å². The van der Waals surface area contributed by atoms with Crippen molar-refractivity contribution < 1.29 is 8.42 Å². The number of hydrogen-bond donors (Lipinski definition) is 1. The highest BCUT2D eigenvalue weighted by molar-refractivity contribution is 7.94. The third-order valence-electron chi connectivity index (χ3n) is 3.05. The lowest BCUT2D eigenvalue weighted by Gasteiger charge is -2.34. The SMILES string of the molecule is O=S1(=O)Nc2ccccc2N1C1CCC1. The fourth-order valence-electron chi connectivity index (χ4n) is 2.08. The van der Waals surface area contributed by atoms with Crippen molar-refractivity contribution in [1.82, 2.24) is 0 Å². The maximum Gasteiger partial charge on any atom is 0.324 e. The highest BCUT2D eigenvalue weighted by Gasteiger charge is 2.39. The molecular formula is C10H12N2O2S. The van der Waals surface area contributed by atoms with E-state index in [1.807, 2.05) is 18.2 Å². The zero-order chi connectivity index (χ0) is 10.5. The molecule has 1 N–H and O–H groups in total. The topological polar surface area (TPSA) is 49.4 Å². The molecule has 0 amide bonds. The molecule has 3 rings (SSSR count). The summed E-state index contributed by atoms with van der Waals surface area (Å²) in [6.45, 7) is 0. The van der Waals surface area contributed by atoms with Gasteiger partial charge in [-0.2, -0.15) is 8.42 Å². The monoisotopic (exact) mass is 224 g/mol. The van der Waals surface area contributed by atoms with Gasteiger partial charge < -0.3 is 0 Å². The first-order valence-electron chi connectivity index (χ1n) is 5.10. The fourth-order valence-corrected chi connectivity index (χ4v) is 3.65. The summed E-state index contributed by atoms with van der Waals surface area (Å²) < 4.78 is 27.8. The molecule has 2 aliphatic rings. The second-order valence-electron chi connectivity index (χ2n) is 4.00. The normalized spacial score (nSPS) is 23.1. The molecule has 0 unspecified atom stereocenters. The number of nitrogens with one attached hydrogen (secondary N) is 1. The number of benzene rings is 1. The maximum atomic E-state index is 11.9. The summed E-state index contributed by atoms with van der Waals surface area (Å²) >= 11 is 0. The number of para-hydroxylation sites is 2. The number of nitrogens with zero attached hydrogens (tertiary/aromatic N) is 1. The van der Waals surface area contributed by atoms with Crippen LogP contribution >= 0.6 is 0 Å². The summed E-state index contributed by atoms with van der Waals surface area (Å²) in [5.74, 6) is 0. The lowest BCUT2D eigenvalue weighted by Crippen LogP contribution is -2.43. The van der Waals surface area contributed by atoms with E-state index in [0.29, 0.717) is 5.69 Å². The lowest BCUT2D eigenvalue weighted by molar-refractivity contribution is 0.417. The van der Waals surface area contributed by atoms with Gasteiger partial charge in [-0.25, -0.2) is 4.31 Å². The van der Waals surface area contributed by atoms with E-state index in [1.54, 1.807) is 6.07 Å². The smallest absolute Gasteiger partial charge is 0.264 e. The van der Waals surface area contributed by atoms with Crippen LogP contribution in [-0.4, -0.2) is 14.5 Å². The number of anilines is 2. The minimum absolute atomic E-state index is 0.158. The van der Waals surface area contributed by atoms with Crippen molar-refractivity contribution in [2.24, 2.45) is 0 Å². The van der Waals surface area contributed by atoms with E-state index < -0.39 is 10.2 Å². The first-order chi connectivity index (χ1) is 7.18. The van der Waals surface area contributed by atoms with Crippen LogP contribution in [0.25, 0.3) is 0 Å². The summed E-state index contributed by atoms with van der Waals surface area (Å²) in [6.07, 6.45) is 3.06. The molecule has 1 heterocycles. The van der Waals surface area contributed by atoms with Gasteiger partial charge in [0.25, 0.3) is 0 Å². The van der Waals surface area contributed by atoms with Crippen molar-refractivity contribution in [1.29, 1.82) is 0 Å². The molecule has 15 heavy (non-hydrogen) atoms. The van der Waals surface area contributed by atoms with Crippen LogP contribution in [0, 0.1) is 0 Å². The molecule has 1 fully saturated rings. The summed E-state index contributed by atoms with van der Waals surface area (Å²) in [7, 11) is -3.32. The number of fused-ring (bicyclic) bond motifs is 1. The largest absolute Gasteiger partial charge is 0.324 e. The molecule has 0 atom stereocenters. The second kappa shape index (κ2) is 2.88. The van der Waals surface area contributed by atoms with Gasteiger partial charge >= 0.3 is 10.2 Å². The van der Waals surface area contributed by atoms with Gasteiger partial charge in [0.1, 0.15) is 0 Å². The Morgan fingerprint density at radius 2 is 2.00 bits per heavy atom. The van der Waals surface area contributed by atoms with Crippen molar-refractivity contribution in [3.63, 3.8) is 0 Å². The molecule has 1 aliphatic carbocycles. The highest BCUT2D eigenvalue weighted by Crippen LogP contribution is 2.41.